The zero-order chi connectivity index (χ0) is 16.5. The van der Waals surface area contributed by atoms with Gasteiger partial charge in [0.1, 0.15) is 0 Å². The Kier molecular flexibility index (Phi) is 7.03. The van der Waals surface area contributed by atoms with Crippen LogP contribution in [0.1, 0.15) is 36.0 Å². The van der Waals surface area contributed by atoms with E-state index in [1.54, 1.807) is 18.2 Å². The Morgan fingerprint density at radius 3 is 2.70 bits per heavy atom. The lowest BCUT2D eigenvalue weighted by Gasteiger charge is -2.22. The molecule has 0 aromatic heterocycles. The second-order valence-corrected chi connectivity index (χ2v) is 5.87. The van der Waals surface area contributed by atoms with Crippen LogP contribution < -0.4 is 21.7 Å². The summed E-state index contributed by atoms with van der Waals surface area (Å²) in [7, 11) is 0. The molecule has 1 heterocycles. The first-order chi connectivity index (χ1) is 11.2. The number of anilines is 1. The molecule has 1 aliphatic heterocycles. The number of benzene rings is 1. The Bertz CT molecular complexity index is 527. The van der Waals surface area contributed by atoms with Crippen LogP contribution >= 0.6 is 0 Å². The monoisotopic (exact) mass is 318 g/mol. The molecule has 1 aromatic carbocycles. The predicted molar refractivity (Wildman–Crippen MR) is 91.3 cm³/mol. The quantitative estimate of drug-likeness (QED) is 0.605. The summed E-state index contributed by atoms with van der Waals surface area (Å²) >= 11 is 0. The van der Waals surface area contributed by atoms with Crippen LogP contribution in [-0.4, -0.2) is 38.0 Å². The van der Waals surface area contributed by atoms with E-state index in [9.17, 15) is 9.59 Å². The Hall–Kier alpha value is -1.92. The highest BCUT2D eigenvalue weighted by molar-refractivity contribution is 6.03. The van der Waals surface area contributed by atoms with E-state index in [4.69, 9.17) is 5.73 Å². The highest BCUT2D eigenvalue weighted by atomic mass is 16.2. The van der Waals surface area contributed by atoms with Gasteiger partial charge in [0.2, 0.25) is 5.91 Å². The van der Waals surface area contributed by atoms with Crippen molar-refractivity contribution in [2.24, 2.45) is 11.7 Å². The molecule has 0 aliphatic carbocycles. The SMILES string of the molecule is NCCNC(=O)c1ccccc1NC(=O)CCC1CCNCC1. The van der Waals surface area contributed by atoms with Crippen molar-refractivity contribution in [2.75, 3.05) is 31.5 Å². The predicted octanol–water partition coefficient (Wildman–Crippen LogP) is 1.09. The average Bonchev–Trinajstić information content (AvgIpc) is 2.59. The zero-order valence-corrected chi connectivity index (χ0v) is 13.4. The molecular weight excluding hydrogens is 292 g/mol. The number of carbonyl (C=O) groups is 2. The normalized spacial score (nSPS) is 15.2. The molecule has 5 N–H and O–H groups in total. The zero-order valence-electron chi connectivity index (χ0n) is 13.4. The molecule has 0 radical (unpaired) electrons. The van der Waals surface area contributed by atoms with Crippen LogP contribution in [0.2, 0.25) is 0 Å². The third-order valence-electron chi connectivity index (χ3n) is 4.11. The second kappa shape index (κ2) is 9.27. The summed E-state index contributed by atoms with van der Waals surface area (Å²) in [5, 5.41) is 8.91. The number of para-hydroxylation sites is 1. The standard InChI is InChI=1S/C17H26N4O2/c18-9-12-20-17(23)14-3-1-2-4-15(14)21-16(22)6-5-13-7-10-19-11-8-13/h1-4,13,19H,5-12,18H2,(H,20,23)(H,21,22). The third-order valence-corrected chi connectivity index (χ3v) is 4.11. The van der Waals surface area contributed by atoms with E-state index in [2.05, 4.69) is 16.0 Å². The van der Waals surface area contributed by atoms with Crippen LogP contribution in [0.4, 0.5) is 5.69 Å². The molecule has 2 rings (SSSR count). The van der Waals surface area contributed by atoms with Gasteiger partial charge in [-0.25, -0.2) is 0 Å². The molecule has 0 atom stereocenters. The number of carbonyl (C=O) groups excluding carboxylic acids is 2. The van der Waals surface area contributed by atoms with Gasteiger partial charge in [0.25, 0.3) is 5.91 Å². The Labute approximate surface area is 137 Å². The summed E-state index contributed by atoms with van der Waals surface area (Å²) in [6.07, 6.45) is 3.65. The van der Waals surface area contributed by atoms with Crippen molar-refractivity contribution in [3.8, 4) is 0 Å². The first-order valence-electron chi connectivity index (χ1n) is 8.28. The first-order valence-corrected chi connectivity index (χ1v) is 8.28. The van der Waals surface area contributed by atoms with E-state index in [-0.39, 0.29) is 11.8 Å². The molecule has 2 amide bonds. The maximum atomic E-state index is 12.2. The fraction of sp³-hybridized carbons (Fsp3) is 0.529. The minimum absolute atomic E-state index is 0.0393. The minimum Gasteiger partial charge on any atom is -0.351 e. The number of rotatable bonds is 7. The van der Waals surface area contributed by atoms with Crippen LogP contribution in [0.5, 0.6) is 0 Å². The first kappa shape index (κ1) is 17.4. The molecule has 0 spiro atoms. The second-order valence-electron chi connectivity index (χ2n) is 5.87. The molecule has 1 saturated heterocycles. The van der Waals surface area contributed by atoms with Crippen LogP contribution in [0.25, 0.3) is 0 Å². The summed E-state index contributed by atoms with van der Waals surface area (Å²) < 4.78 is 0. The molecule has 0 bridgehead atoms. The van der Waals surface area contributed by atoms with Crippen LogP contribution in [-0.2, 0) is 4.79 Å². The van der Waals surface area contributed by atoms with Gasteiger partial charge < -0.3 is 21.7 Å². The molecule has 1 aromatic rings. The van der Waals surface area contributed by atoms with E-state index in [0.717, 1.165) is 32.4 Å². The minimum atomic E-state index is -0.218. The molecular formula is C17H26N4O2. The van der Waals surface area contributed by atoms with E-state index < -0.39 is 0 Å². The van der Waals surface area contributed by atoms with Crippen molar-refractivity contribution in [1.82, 2.24) is 10.6 Å². The van der Waals surface area contributed by atoms with E-state index in [1.165, 1.54) is 0 Å². The topological polar surface area (TPSA) is 96.2 Å². The number of nitrogens with one attached hydrogen (secondary N) is 3. The van der Waals surface area contributed by atoms with Gasteiger partial charge in [-0.15, -0.1) is 0 Å². The van der Waals surface area contributed by atoms with Gasteiger partial charge in [0.15, 0.2) is 0 Å². The Morgan fingerprint density at radius 2 is 1.96 bits per heavy atom. The summed E-state index contributed by atoms with van der Waals surface area (Å²) in [6.45, 7) is 2.88. The maximum absolute atomic E-state index is 12.2. The largest absolute Gasteiger partial charge is 0.351 e. The molecule has 0 saturated carbocycles. The van der Waals surface area contributed by atoms with Gasteiger partial charge in [0, 0.05) is 19.5 Å². The van der Waals surface area contributed by atoms with Gasteiger partial charge >= 0.3 is 0 Å². The van der Waals surface area contributed by atoms with Crippen molar-refractivity contribution in [2.45, 2.75) is 25.7 Å². The van der Waals surface area contributed by atoms with Crippen molar-refractivity contribution >= 4 is 17.5 Å². The fourth-order valence-electron chi connectivity index (χ4n) is 2.79. The Balaban J connectivity index is 1.88. The summed E-state index contributed by atoms with van der Waals surface area (Å²) in [5.74, 6) is 0.359. The molecule has 126 valence electrons. The highest BCUT2D eigenvalue weighted by Crippen LogP contribution is 2.19. The van der Waals surface area contributed by atoms with Crippen LogP contribution in [0, 0.1) is 5.92 Å². The number of nitrogens with two attached hydrogens (primary N) is 1. The van der Waals surface area contributed by atoms with Gasteiger partial charge in [-0.3, -0.25) is 9.59 Å². The molecule has 23 heavy (non-hydrogen) atoms. The lowest BCUT2D eigenvalue weighted by atomic mass is 9.93. The molecule has 1 fully saturated rings. The number of hydrogen-bond acceptors (Lipinski definition) is 4. The summed E-state index contributed by atoms with van der Waals surface area (Å²) in [4.78, 5) is 24.3. The summed E-state index contributed by atoms with van der Waals surface area (Å²) in [5.41, 5.74) is 6.42. The number of amides is 2. The van der Waals surface area contributed by atoms with Crippen molar-refractivity contribution in [3.05, 3.63) is 29.8 Å². The molecule has 6 heteroatoms. The van der Waals surface area contributed by atoms with Gasteiger partial charge in [-0.05, 0) is 50.4 Å². The summed E-state index contributed by atoms with van der Waals surface area (Å²) in [6, 6.07) is 7.04. The van der Waals surface area contributed by atoms with E-state index in [0.29, 0.717) is 36.7 Å². The Morgan fingerprint density at radius 1 is 1.22 bits per heavy atom. The smallest absolute Gasteiger partial charge is 0.253 e. The van der Waals surface area contributed by atoms with Gasteiger partial charge in [-0.1, -0.05) is 12.1 Å². The van der Waals surface area contributed by atoms with Gasteiger partial charge in [0.05, 0.1) is 11.3 Å². The van der Waals surface area contributed by atoms with Crippen molar-refractivity contribution < 1.29 is 9.59 Å². The molecule has 6 nitrogen and oxygen atoms in total. The average molecular weight is 318 g/mol. The number of piperidine rings is 1. The molecule has 0 unspecified atom stereocenters. The lowest BCUT2D eigenvalue weighted by molar-refractivity contribution is -0.116. The van der Waals surface area contributed by atoms with E-state index >= 15 is 0 Å². The van der Waals surface area contributed by atoms with Crippen LogP contribution in [0.3, 0.4) is 0 Å². The van der Waals surface area contributed by atoms with Crippen LogP contribution in [0.15, 0.2) is 24.3 Å². The van der Waals surface area contributed by atoms with Crippen molar-refractivity contribution in [1.29, 1.82) is 0 Å². The number of hydrogen-bond donors (Lipinski definition) is 4. The molecule has 1 aliphatic rings. The highest BCUT2D eigenvalue weighted by Gasteiger charge is 2.16. The van der Waals surface area contributed by atoms with E-state index in [1.807, 2.05) is 6.07 Å². The van der Waals surface area contributed by atoms with Gasteiger partial charge in [-0.2, -0.15) is 0 Å². The van der Waals surface area contributed by atoms with Crippen molar-refractivity contribution in [3.63, 3.8) is 0 Å². The maximum Gasteiger partial charge on any atom is 0.253 e. The lowest BCUT2D eigenvalue weighted by Crippen LogP contribution is -2.30. The fourth-order valence-corrected chi connectivity index (χ4v) is 2.79. The third kappa shape index (κ3) is 5.65.